The van der Waals surface area contributed by atoms with Crippen molar-refractivity contribution in [2.45, 2.75) is 0 Å². The molecule has 0 radical (unpaired) electrons. The second-order valence-electron chi connectivity index (χ2n) is 5.23. The lowest BCUT2D eigenvalue weighted by atomic mass is 10.1. The number of halogens is 1. The molecule has 0 saturated carbocycles. The van der Waals surface area contributed by atoms with Crippen LogP contribution in [0.3, 0.4) is 0 Å². The lowest BCUT2D eigenvalue weighted by Crippen LogP contribution is -2.32. The Morgan fingerprint density at radius 1 is 0.920 bits per heavy atom. The van der Waals surface area contributed by atoms with E-state index in [4.69, 9.17) is 0 Å². The van der Waals surface area contributed by atoms with Crippen LogP contribution in [0, 0.1) is 5.82 Å². The zero-order valence-electron chi connectivity index (χ0n) is 13.1. The van der Waals surface area contributed by atoms with Crippen molar-refractivity contribution in [1.29, 1.82) is 0 Å². The summed E-state index contributed by atoms with van der Waals surface area (Å²) in [6.45, 7) is 0. The molecule has 0 aliphatic carbocycles. The van der Waals surface area contributed by atoms with Gasteiger partial charge in [-0.05, 0) is 29.1 Å². The molecular formula is C19H14FN3O2. The highest BCUT2D eigenvalue weighted by Gasteiger charge is 2.14. The van der Waals surface area contributed by atoms with E-state index in [0.29, 0.717) is 11.3 Å². The van der Waals surface area contributed by atoms with Crippen LogP contribution in [0.1, 0.15) is 5.56 Å². The number of carbonyl (C=O) groups is 2. The van der Waals surface area contributed by atoms with E-state index in [2.05, 4.69) is 15.8 Å². The van der Waals surface area contributed by atoms with Crippen LogP contribution in [0.25, 0.3) is 10.8 Å². The Morgan fingerprint density at radius 2 is 1.68 bits per heavy atom. The van der Waals surface area contributed by atoms with Crippen LogP contribution in [0.4, 0.5) is 10.1 Å². The Bertz CT molecular complexity index is 964. The van der Waals surface area contributed by atoms with E-state index in [0.717, 1.165) is 10.8 Å². The van der Waals surface area contributed by atoms with E-state index in [9.17, 15) is 14.0 Å². The van der Waals surface area contributed by atoms with Gasteiger partial charge < -0.3 is 5.32 Å². The highest BCUT2D eigenvalue weighted by Crippen LogP contribution is 2.22. The zero-order valence-corrected chi connectivity index (χ0v) is 13.1. The van der Waals surface area contributed by atoms with Crippen LogP contribution in [-0.4, -0.2) is 18.0 Å². The molecule has 3 rings (SSSR count). The number of nitrogens with zero attached hydrogens (tertiary/aromatic N) is 1. The molecule has 5 nitrogen and oxygen atoms in total. The Morgan fingerprint density at radius 3 is 2.52 bits per heavy atom. The topological polar surface area (TPSA) is 70.6 Å². The quantitative estimate of drug-likeness (QED) is 0.439. The van der Waals surface area contributed by atoms with Gasteiger partial charge in [-0.3, -0.25) is 9.59 Å². The molecule has 0 heterocycles. The molecule has 0 unspecified atom stereocenters. The van der Waals surface area contributed by atoms with Gasteiger partial charge in [-0.1, -0.05) is 48.5 Å². The third-order valence-corrected chi connectivity index (χ3v) is 3.47. The van der Waals surface area contributed by atoms with E-state index < -0.39 is 17.6 Å². The monoisotopic (exact) mass is 335 g/mol. The molecule has 0 bridgehead atoms. The van der Waals surface area contributed by atoms with E-state index in [1.165, 1.54) is 24.4 Å². The molecule has 0 saturated heterocycles. The fraction of sp³-hybridized carbons (Fsp3) is 0. The van der Waals surface area contributed by atoms with Crippen molar-refractivity contribution >= 4 is 34.5 Å². The molecule has 0 aliphatic rings. The van der Waals surface area contributed by atoms with Crippen molar-refractivity contribution in [3.63, 3.8) is 0 Å². The summed E-state index contributed by atoms with van der Waals surface area (Å²) in [5.74, 6) is -2.17. The fourth-order valence-corrected chi connectivity index (χ4v) is 2.32. The molecular weight excluding hydrogens is 321 g/mol. The maximum absolute atomic E-state index is 13.0. The number of benzene rings is 3. The summed E-state index contributed by atoms with van der Waals surface area (Å²) in [5, 5.41) is 7.99. The van der Waals surface area contributed by atoms with Crippen LogP contribution >= 0.6 is 0 Å². The minimum absolute atomic E-state index is 0.413. The van der Waals surface area contributed by atoms with E-state index >= 15 is 0 Å². The second-order valence-corrected chi connectivity index (χ2v) is 5.23. The summed E-state index contributed by atoms with van der Waals surface area (Å²) in [7, 11) is 0. The first kappa shape index (κ1) is 16.3. The number of amides is 2. The predicted molar refractivity (Wildman–Crippen MR) is 94.7 cm³/mol. The number of nitrogens with one attached hydrogen (secondary N) is 2. The highest BCUT2D eigenvalue weighted by molar-refractivity contribution is 6.40. The molecule has 25 heavy (non-hydrogen) atoms. The van der Waals surface area contributed by atoms with Crippen molar-refractivity contribution in [3.05, 3.63) is 78.1 Å². The van der Waals surface area contributed by atoms with Gasteiger partial charge in [-0.15, -0.1) is 0 Å². The van der Waals surface area contributed by atoms with Crippen LogP contribution in [0.5, 0.6) is 0 Å². The first-order valence-corrected chi connectivity index (χ1v) is 7.51. The lowest BCUT2D eigenvalue weighted by molar-refractivity contribution is -0.136. The predicted octanol–water partition coefficient (Wildman–Crippen LogP) is 3.07. The largest absolute Gasteiger partial charge is 0.329 e. The number of hydrogen-bond acceptors (Lipinski definition) is 3. The minimum atomic E-state index is -0.916. The zero-order chi connectivity index (χ0) is 17.6. The maximum atomic E-state index is 13.0. The van der Waals surface area contributed by atoms with Gasteiger partial charge in [0.25, 0.3) is 0 Å². The van der Waals surface area contributed by atoms with Crippen LogP contribution in [-0.2, 0) is 9.59 Å². The number of rotatable bonds is 3. The molecule has 0 aliphatic heterocycles. The number of hydrogen-bond donors (Lipinski definition) is 2. The van der Waals surface area contributed by atoms with Gasteiger partial charge >= 0.3 is 11.8 Å². The summed E-state index contributed by atoms with van der Waals surface area (Å²) in [6, 6.07) is 18.6. The van der Waals surface area contributed by atoms with Gasteiger partial charge in [-0.25, -0.2) is 9.82 Å². The molecule has 0 spiro atoms. The van der Waals surface area contributed by atoms with Gasteiger partial charge in [0.15, 0.2) is 0 Å². The van der Waals surface area contributed by atoms with Crippen molar-refractivity contribution in [3.8, 4) is 0 Å². The average molecular weight is 335 g/mol. The van der Waals surface area contributed by atoms with Crippen molar-refractivity contribution in [2.75, 3.05) is 5.32 Å². The number of hydrazone groups is 1. The van der Waals surface area contributed by atoms with Gasteiger partial charge in [0.05, 0.1) is 6.21 Å². The second kappa shape index (κ2) is 7.35. The smallest absolute Gasteiger partial charge is 0.317 e. The molecule has 3 aromatic carbocycles. The van der Waals surface area contributed by atoms with Crippen LogP contribution < -0.4 is 10.7 Å². The van der Waals surface area contributed by atoms with Crippen LogP contribution in [0.15, 0.2) is 71.8 Å². The van der Waals surface area contributed by atoms with Crippen molar-refractivity contribution < 1.29 is 14.0 Å². The van der Waals surface area contributed by atoms with Crippen LogP contribution in [0.2, 0.25) is 0 Å². The van der Waals surface area contributed by atoms with Gasteiger partial charge in [-0.2, -0.15) is 5.10 Å². The standard InChI is InChI=1S/C19H14FN3O2/c20-15-8-3-5-13(11-15)12-21-23-19(25)18(24)22-17-10-4-7-14-6-1-2-9-16(14)17/h1-12H,(H,22,24)(H,23,25)/b21-12+. The molecule has 6 heteroatoms. The number of fused-ring (bicyclic) bond motifs is 1. The average Bonchev–Trinajstić information content (AvgIpc) is 2.62. The third kappa shape index (κ3) is 4.06. The van der Waals surface area contributed by atoms with Crippen molar-refractivity contribution in [1.82, 2.24) is 5.43 Å². The Kier molecular flexibility index (Phi) is 4.80. The van der Waals surface area contributed by atoms with E-state index in [-0.39, 0.29) is 0 Å². The highest BCUT2D eigenvalue weighted by atomic mass is 19.1. The minimum Gasteiger partial charge on any atom is -0.317 e. The molecule has 0 aromatic heterocycles. The summed E-state index contributed by atoms with van der Waals surface area (Å²) < 4.78 is 13.0. The molecule has 0 fully saturated rings. The lowest BCUT2D eigenvalue weighted by Gasteiger charge is -2.07. The van der Waals surface area contributed by atoms with E-state index in [1.54, 1.807) is 18.2 Å². The van der Waals surface area contributed by atoms with Crippen molar-refractivity contribution in [2.24, 2.45) is 5.10 Å². The van der Waals surface area contributed by atoms with Gasteiger partial charge in [0.2, 0.25) is 0 Å². The van der Waals surface area contributed by atoms with Gasteiger partial charge in [0.1, 0.15) is 5.82 Å². The Hall–Kier alpha value is -3.54. The Balaban J connectivity index is 1.65. The van der Waals surface area contributed by atoms with E-state index in [1.807, 2.05) is 30.3 Å². The first-order chi connectivity index (χ1) is 12.1. The number of carbonyl (C=O) groups excluding carboxylic acids is 2. The summed E-state index contributed by atoms with van der Waals surface area (Å²) >= 11 is 0. The first-order valence-electron chi connectivity index (χ1n) is 7.51. The SMILES string of the molecule is O=C(N/N=C/c1cccc(F)c1)C(=O)Nc1cccc2ccccc12. The summed E-state index contributed by atoms with van der Waals surface area (Å²) in [6.07, 6.45) is 1.26. The molecule has 2 amide bonds. The normalized spacial score (nSPS) is 10.8. The molecule has 0 atom stereocenters. The molecule has 124 valence electrons. The molecule has 2 N–H and O–H groups in total. The number of anilines is 1. The summed E-state index contributed by atoms with van der Waals surface area (Å²) in [5.41, 5.74) is 3.12. The summed E-state index contributed by atoms with van der Waals surface area (Å²) in [4.78, 5) is 23.8. The maximum Gasteiger partial charge on any atom is 0.329 e. The molecule has 3 aromatic rings. The Labute approximate surface area is 143 Å². The van der Waals surface area contributed by atoms with Gasteiger partial charge in [0, 0.05) is 11.1 Å². The fourth-order valence-electron chi connectivity index (χ4n) is 2.32. The third-order valence-electron chi connectivity index (χ3n) is 3.47.